The number of carbonyl (C=O) groups is 3. The molecule has 0 saturated carbocycles. The number of thiophene rings is 1. The van der Waals surface area contributed by atoms with Crippen molar-refractivity contribution in [3.05, 3.63) is 81.7 Å². The summed E-state index contributed by atoms with van der Waals surface area (Å²) >= 11 is 1.27. The maximum Gasteiger partial charge on any atom is 0.272 e. The van der Waals surface area contributed by atoms with Crippen LogP contribution in [0.3, 0.4) is 0 Å². The number of anilines is 1. The van der Waals surface area contributed by atoms with Gasteiger partial charge in [0, 0.05) is 37.0 Å². The number of carbonyl (C=O) groups excluding carboxylic acids is 3. The number of hydrogen-bond donors (Lipinski definition) is 3. The highest BCUT2D eigenvalue weighted by atomic mass is 32.2. The fourth-order valence-corrected chi connectivity index (χ4v) is 6.97. The number of hydrazine groups is 1. The second-order valence-corrected chi connectivity index (χ2v) is 12.4. The molecule has 0 bridgehead atoms. The minimum atomic E-state index is -4.12. The summed E-state index contributed by atoms with van der Waals surface area (Å²) in [6.07, 6.45) is 0.561. The first kappa shape index (κ1) is 30.4. The van der Waals surface area contributed by atoms with Crippen molar-refractivity contribution in [1.29, 1.82) is 10.5 Å². The first-order valence-corrected chi connectivity index (χ1v) is 15.0. The van der Waals surface area contributed by atoms with E-state index in [2.05, 4.69) is 21.1 Å². The van der Waals surface area contributed by atoms with Crippen LogP contribution in [0.2, 0.25) is 0 Å². The summed E-state index contributed by atoms with van der Waals surface area (Å²) in [5, 5.41) is 20.9. The highest BCUT2D eigenvalue weighted by Gasteiger charge is 2.30. The quantitative estimate of drug-likeness (QED) is 0.246. The normalized spacial score (nSPS) is 13.0. The molecule has 1 aromatic heterocycles. The van der Waals surface area contributed by atoms with Crippen LogP contribution in [0.4, 0.5) is 5.00 Å². The molecule has 216 valence electrons. The summed E-state index contributed by atoms with van der Waals surface area (Å²) in [6, 6.07) is 18.5. The topological polar surface area (TPSA) is 176 Å². The van der Waals surface area contributed by atoms with Crippen LogP contribution in [0.5, 0.6) is 0 Å². The number of amides is 3. The summed E-state index contributed by atoms with van der Waals surface area (Å²) in [7, 11) is -4.12. The number of hydrogen-bond acceptors (Lipinski definition) is 9. The summed E-state index contributed by atoms with van der Waals surface area (Å²) in [4.78, 5) is 40.7. The van der Waals surface area contributed by atoms with Gasteiger partial charge >= 0.3 is 0 Å². The van der Waals surface area contributed by atoms with Gasteiger partial charge in [0.05, 0.1) is 22.6 Å². The van der Waals surface area contributed by atoms with Gasteiger partial charge in [-0.1, -0.05) is 30.3 Å². The Balaban J connectivity index is 1.57. The highest BCUT2D eigenvalue weighted by molar-refractivity contribution is 7.89. The van der Waals surface area contributed by atoms with E-state index < -0.39 is 40.8 Å². The lowest BCUT2D eigenvalue weighted by Crippen LogP contribution is -2.41. The summed E-state index contributed by atoms with van der Waals surface area (Å²) < 4.78 is 26.4. The lowest BCUT2D eigenvalue weighted by molar-refractivity contribution is -0.119. The lowest BCUT2D eigenvalue weighted by atomic mass is 10.0. The van der Waals surface area contributed by atoms with E-state index in [1.165, 1.54) is 42.5 Å². The number of rotatable bonds is 9. The molecule has 3 aromatic rings. The molecule has 2 aromatic carbocycles. The summed E-state index contributed by atoms with van der Waals surface area (Å²) in [5.74, 6) is -1.59. The first-order valence-electron chi connectivity index (χ1n) is 12.8. The van der Waals surface area contributed by atoms with Crippen molar-refractivity contribution in [3.63, 3.8) is 0 Å². The zero-order valence-electron chi connectivity index (χ0n) is 22.6. The second-order valence-electron chi connectivity index (χ2n) is 9.36. The molecule has 0 fully saturated rings. The van der Waals surface area contributed by atoms with Crippen LogP contribution in [0.15, 0.2) is 59.5 Å². The molecule has 0 saturated heterocycles. The monoisotopic (exact) mass is 605 g/mol. The molecule has 0 radical (unpaired) electrons. The number of sulfonamides is 1. The number of nitrogens with zero attached hydrogens (tertiary/aromatic N) is 4. The van der Waals surface area contributed by atoms with Gasteiger partial charge in [-0.05, 0) is 41.8 Å². The number of fused-ring (bicyclic) bond motifs is 1. The van der Waals surface area contributed by atoms with Gasteiger partial charge in [-0.2, -0.15) is 14.8 Å². The molecule has 42 heavy (non-hydrogen) atoms. The van der Waals surface area contributed by atoms with E-state index in [-0.39, 0.29) is 16.0 Å². The molecule has 0 aliphatic carbocycles. The Morgan fingerprint density at radius 2 is 1.64 bits per heavy atom. The fraction of sp³-hybridized carbons (Fsp3) is 0.250. The van der Waals surface area contributed by atoms with Crippen LogP contribution in [-0.4, -0.2) is 55.0 Å². The van der Waals surface area contributed by atoms with Crippen LogP contribution in [0, 0.1) is 22.7 Å². The molecule has 2 heterocycles. The zero-order chi connectivity index (χ0) is 30.3. The molecule has 3 amide bonds. The molecule has 0 unspecified atom stereocenters. The Kier molecular flexibility index (Phi) is 9.67. The van der Waals surface area contributed by atoms with Gasteiger partial charge in [-0.25, -0.2) is 8.42 Å². The van der Waals surface area contributed by atoms with Gasteiger partial charge < -0.3 is 5.32 Å². The number of nitriles is 2. The molecule has 3 N–H and O–H groups in total. The van der Waals surface area contributed by atoms with Gasteiger partial charge in [-0.15, -0.1) is 11.3 Å². The number of nitrogens with one attached hydrogen (secondary N) is 3. The Morgan fingerprint density at radius 1 is 0.976 bits per heavy atom. The molecular formula is C28H27N7O5S2. The molecule has 4 rings (SSSR count). The lowest BCUT2D eigenvalue weighted by Gasteiger charge is -2.27. The Labute approximate surface area is 247 Å². The van der Waals surface area contributed by atoms with Crippen LogP contribution >= 0.6 is 11.3 Å². The summed E-state index contributed by atoms with van der Waals surface area (Å²) in [6.45, 7) is 2.26. The maximum absolute atomic E-state index is 13.2. The minimum absolute atomic E-state index is 0.131. The van der Waals surface area contributed by atoms with Crippen molar-refractivity contribution < 1.29 is 22.8 Å². The molecular weight excluding hydrogens is 578 g/mol. The van der Waals surface area contributed by atoms with Crippen LogP contribution < -0.4 is 16.2 Å². The average molecular weight is 606 g/mol. The molecule has 0 atom stereocenters. The minimum Gasteiger partial charge on any atom is -0.313 e. The second kappa shape index (κ2) is 13.4. The zero-order valence-corrected chi connectivity index (χ0v) is 24.2. The molecule has 12 nitrogen and oxygen atoms in total. The first-order chi connectivity index (χ1) is 20.1. The van der Waals surface area contributed by atoms with Crippen molar-refractivity contribution in [3.8, 4) is 12.1 Å². The molecule has 1 aliphatic heterocycles. The van der Waals surface area contributed by atoms with Crippen molar-refractivity contribution in [1.82, 2.24) is 20.1 Å². The average Bonchev–Trinajstić information content (AvgIpc) is 3.33. The largest absolute Gasteiger partial charge is 0.313 e. The Bertz CT molecular complexity index is 1660. The van der Waals surface area contributed by atoms with E-state index in [9.17, 15) is 22.8 Å². The van der Waals surface area contributed by atoms with E-state index in [1.54, 1.807) is 12.1 Å². The summed E-state index contributed by atoms with van der Waals surface area (Å²) in [5.41, 5.74) is 7.00. The van der Waals surface area contributed by atoms with E-state index >= 15 is 0 Å². The van der Waals surface area contributed by atoms with Gasteiger partial charge in [0.1, 0.15) is 18.1 Å². The van der Waals surface area contributed by atoms with Gasteiger partial charge in [0.2, 0.25) is 15.9 Å². The predicted molar refractivity (Wildman–Crippen MR) is 154 cm³/mol. The smallest absolute Gasteiger partial charge is 0.272 e. The highest BCUT2D eigenvalue weighted by Crippen LogP contribution is 2.38. The maximum atomic E-state index is 13.2. The van der Waals surface area contributed by atoms with E-state index in [4.69, 9.17) is 10.5 Å². The third kappa shape index (κ3) is 6.99. The SMILES string of the molecule is CC(=O)NNC(=O)c1c(NC(=O)c2ccc(S(=O)(=O)N(CC#N)CC#N)cc2)sc2c1CCN(Cc1ccccc1)C2. The van der Waals surface area contributed by atoms with E-state index in [0.717, 1.165) is 26.9 Å². The van der Waals surface area contributed by atoms with Crippen LogP contribution in [0.25, 0.3) is 0 Å². The Morgan fingerprint density at radius 3 is 2.26 bits per heavy atom. The third-order valence-corrected chi connectivity index (χ3v) is 9.38. The van der Waals surface area contributed by atoms with Crippen LogP contribution in [-0.2, 0) is 34.3 Å². The van der Waals surface area contributed by atoms with E-state index in [0.29, 0.717) is 24.5 Å². The van der Waals surface area contributed by atoms with Crippen molar-refractivity contribution >= 4 is 44.1 Å². The van der Waals surface area contributed by atoms with Crippen LogP contribution in [0.1, 0.15) is 43.6 Å². The Hall–Kier alpha value is -4.60. The van der Waals surface area contributed by atoms with Crippen molar-refractivity contribution in [2.24, 2.45) is 0 Å². The van der Waals surface area contributed by atoms with E-state index in [1.807, 2.05) is 30.3 Å². The fourth-order valence-electron chi connectivity index (χ4n) is 4.45. The molecule has 0 spiro atoms. The number of benzene rings is 2. The van der Waals surface area contributed by atoms with Gasteiger partial charge in [0.25, 0.3) is 11.8 Å². The van der Waals surface area contributed by atoms with Crippen molar-refractivity contribution in [2.75, 3.05) is 25.0 Å². The predicted octanol–water partition coefficient (Wildman–Crippen LogP) is 2.38. The molecule has 14 heteroatoms. The van der Waals surface area contributed by atoms with Gasteiger partial charge in [0.15, 0.2) is 0 Å². The standard InChI is InChI=1S/C28H27N7O5S2/c1-19(36)32-33-27(38)25-23-11-14-34(17-20-5-3-2-4-6-20)18-24(23)41-28(25)31-26(37)21-7-9-22(10-8-21)42(39,40)35(15-12-29)16-13-30/h2-10H,11,14-18H2,1H3,(H,31,37)(H,32,36)(H,33,38). The van der Waals surface area contributed by atoms with Crippen molar-refractivity contribution in [2.45, 2.75) is 31.3 Å². The van der Waals surface area contributed by atoms with Gasteiger partial charge in [-0.3, -0.25) is 30.1 Å². The molecule has 1 aliphatic rings. The third-order valence-electron chi connectivity index (χ3n) is 6.44.